The average Bonchev–Trinajstić information content (AvgIpc) is 2.93. The van der Waals surface area contributed by atoms with Crippen LogP contribution in [0.2, 0.25) is 5.02 Å². The molecule has 3 aromatic carbocycles. The highest BCUT2D eigenvalue weighted by molar-refractivity contribution is 9.10. The van der Waals surface area contributed by atoms with E-state index in [0.29, 0.717) is 15.6 Å². The second kappa shape index (κ2) is 12.1. The number of hydrogen-bond donors (Lipinski definition) is 0. The van der Waals surface area contributed by atoms with Crippen LogP contribution in [0, 0.1) is 0 Å². The van der Waals surface area contributed by atoms with Crippen molar-refractivity contribution in [1.82, 2.24) is 9.66 Å². The average molecular weight is 639 g/mol. The summed E-state index contributed by atoms with van der Waals surface area (Å²) in [6, 6.07) is 12.4. The molecule has 0 N–H and O–H groups in total. The monoisotopic (exact) mass is 637 g/mol. The van der Waals surface area contributed by atoms with Crippen molar-refractivity contribution in [1.29, 1.82) is 0 Å². The van der Waals surface area contributed by atoms with E-state index in [2.05, 4.69) is 26.0 Å². The quantitative estimate of drug-likeness (QED) is 0.166. The van der Waals surface area contributed by atoms with Gasteiger partial charge in [-0.25, -0.2) is 9.78 Å². The molecule has 40 heavy (non-hydrogen) atoms. The fraction of sp³-hybridized carbons (Fsp3) is 0.185. The molecule has 0 fully saturated rings. The predicted octanol–water partition coefficient (Wildman–Crippen LogP) is 6.33. The van der Waals surface area contributed by atoms with Crippen LogP contribution in [0.3, 0.4) is 0 Å². The van der Waals surface area contributed by atoms with Crippen LogP contribution in [0.25, 0.3) is 22.3 Å². The minimum atomic E-state index is -4.60. The van der Waals surface area contributed by atoms with E-state index in [0.717, 1.165) is 16.8 Å². The normalized spacial score (nSPS) is 11.7. The van der Waals surface area contributed by atoms with E-state index < -0.39 is 29.9 Å². The van der Waals surface area contributed by atoms with Crippen molar-refractivity contribution in [2.45, 2.75) is 13.1 Å². The zero-order chi connectivity index (χ0) is 29.0. The first-order chi connectivity index (χ1) is 19.0. The summed E-state index contributed by atoms with van der Waals surface area (Å²) in [6.07, 6.45) is -3.33. The molecule has 208 valence electrons. The highest BCUT2D eigenvalue weighted by atomic mass is 79.9. The van der Waals surface area contributed by atoms with Gasteiger partial charge in [0.05, 0.1) is 36.4 Å². The lowest BCUT2D eigenvalue weighted by molar-refractivity contribution is -0.145. The Hall–Kier alpha value is -3.90. The Kier molecular flexibility index (Phi) is 8.79. The molecule has 0 aliphatic heterocycles. The minimum Gasteiger partial charge on any atom is -0.493 e. The van der Waals surface area contributed by atoms with Crippen LogP contribution < -0.4 is 15.0 Å². The molecule has 0 bridgehead atoms. The number of rotatable bonds is 8. The number of carbonyl (C=O) groups excluding carboxylic acids is 1. The maximum atomic E-state index is 13.4. The second-order valence-electron chi connectivity index (χ2n) is 8.11. The number of ether oxygens (including phenoxy) is 3. The minimum absolute atomic E-state index is 0.0345. The molecule has 1 aromatic heterocycles. The molecule has 0 unspecified atom stereocenters. The van der Waals surface area contributed by atoms with E-state index in [4.69, 9.17) is 25.8 Å². The van der Waals surface area contributed by atoms with E-state index in [1.165, 1.54) is 37.6 Å². The van der Waals surface area contributed by atoms with Crippen molar-refractivity contribution in [3.63, 3.8) is 0 Å². The van der Waals surface area contributed by atoms with Crippen LogP contribution in [-0.4, -0.2) is 42.2 Å². The molecular weight excluding hydrogens is 619 g/mol. The number of alkyl halides is 3. The molecule has 0 aliphatic rings. The number of fused-ring (bicyclic) bond motifs is 1. The Morgan fingerprint density at radius 2 is 1.93 bits per heavy atom. The summed E-state index contributed by atoms with van der Waals surface area (Å²) < 4.78 is 57.2. The number of hydrogen-bond acceptors (Lipinski definition) is 7. The van der Waals surface area contributed by atoms with Gasteiger partial charge in [0.25, 0.3) is 5.56 Å². The fourth-order valence-electron chi connectivity index (χ4n) is 3.69. The first-order valence-electron chi connectivity index (χ1n) is 11.6. The van der Waals surface area contributed by atoms with Crippen LogP contribution in [0.5, 0.6) is 11.5 Å². The molecule has 0 radical (unpaired) electrons. The Morgan fingerprint density at radius 1 is 1.18 bits per heavy atom. The van der Waals surface area contributed by atoms with Crippen molar-refractivity contribution >= 4 is 50.6 Å². The molecular formula is C27H20BrClF3N3O5. The summed E-state index contributed by atoms with van der Waals surface area (Å²) in [4.78, 5) is 29.6. The lowest BCUT2D eigenvalue weighted by atomic mass is 10.1. The maximum Gasteiger partial charge on any atom is 0.416 e. The van der Waals surface area contributed by atoms with Crippen molar-refractivity contribution in [3.8, 4) is 22.9 Å². The second-order valence-corrected chi connectivity index (χ2v) is 9.28. The maximum absolute atomic E-state index is 13.4. The van der Waals surface area contributed by atoms with Crippen molar-refractivity contribution < 1.29 is 32.2 Å². The lowest BCUT2D eigenvalue weighted by Crippen LogP contribution is -2.20. The number of nitrogens with zero attached hydrogens (tertiary/aromatic N) is 3. The lowest BCUT2D eigenvalue weighted by Gasteiger charge is -2.15. The predicted molar refractivity (Wildman–Crippen MR) is 147 cm³/mol. The molecule has 4 rings (SSSR count). The first kappa shape index (κ1) is 29.1. The Balaban J connectivity index is 1.83. The summed E-state index contributed by atoms with van der Waals surface area (Å²) in [6.45, 7) is 1.42. The van der Waals surface area contributed by atoms with Crippen LogP contribution in [0.4, 0.5) is 13.2 Å². The molecule has 0 aliphatic carbocycles. The number of esters is 1. The van der Waals surface area contributed by atoms with Gasteiger partial charge >= 0.3 is 12.1 Å². The summed E-state index contributed by atoms with van der Waals surface area (Å²) in [7, 11) is 1.36. The zero-order valence-corrected chi connectivity index (χ0v) is 23.3. The third-order valence-electron chi connectivity index (χ3n) is 5.53. The van der Waals surface area contributed by atoms with Gasteiger partial charge in [-0.05, 0) is 53.2 Å². The Morgan fingerprint density at radius 3 is 2.62 bits per heavy atom. The fourth-order valence-corrected chi connectivity index (χ4v) is 4.34. The van der Waals surface area contributed by atoms with Crippen LogP contribution >= 0.6 is 27.5 Å². The zero-order valence-electron chi connectivity index (χ0n) is 21.0. The molecule has 8 nitrogen and oxygen atoms in total. The third kappa shape index (κ3) is 6.13. The van der Waals surface area contributed by atoms with E-state index in [-0.39, 0.29) is 39.9 Å². The molecule has 0 saturated carbocycles. The van der Waals surface area contributed by atoms with Gasteiger partial charge in [0, 0.05) is 15.6 Å². The highest BCUT2D eigenvalue weighted by Gasteiger charge is 2.31. The number of carbonyl (C=O) groups is 1. The topological polar surface area (TPSA) is 92.0 Å². The highest BCUT2D eigenvalue weighted by Crippen LogP contribution is 2.42. The van der Waals surface area contributed by atoms with Gasteiger partial charge in [0.15, 0.2) is 23.9 Å². The number of methoxy groups -OCH3 is 1. The van der Waals surface area contributed by atoms with Crippen LogP contribution in [0.1, 0.15) is 18.1 Å². The standard InChI is InChI=1S/C27H20BrClF3N3O5/c1-3-39-21(36)14-40-24-20(38-2)12-16(22(28)23(24)29)13-33-35-25(15-7-6-8-17(11-15)27(30,31)32)34-19-10-5-4-9-18(19)26(35)37/h4-13H,3,14H2,1-2H3. The number of aromatic nitrogens is 2. The molecule has 0 spiro atoms. The van der Waals surface area contributed by atoms with E-state index in [1.807, 2.05) is 0 Å². The molecule has 0 saturated heterocycles. The van der Waals surface area contributed by atoms with Gasteiger partial charge < -0.3 is 14.2 Å². The smallest absolute Gasteiger partial charge is 0.416 e. The van der Waals surface area contributed by atoms with Crippen molar-refractivity contribution in [3.05, 3.63) is 85.6 Å². The molecule has 0 atom stereocenters. The van der Waals surface area contributed by atoms with Gasteiger partial charge in [-0.2, -0.15) is 22.9 Å². The van der Waals surface area contributed by atoms with Gasteiger partial charge in [-0.3, -0.25) is 4.79 Å². The number of halogens is 5. The van der Waals surface area contributed by atoms with Gasteiger partial charge in [-0.15, -0.1) is 0 Å². The number of benzene rings is 3. The Bertz CT molecular complexity index is 1670. The van der Waals surface area contributed by atoms with E-state index >= 15 is 0 Å². The van der Waals surface area contributed by atoms with E-state index in [9.17, 15) is 22.8 Å². The van der Waals surface area contributed by atoms with Gasteiger partial charge in [-0.1, -0.05) is 35.9 Å². The largest absolute Gasteiger partial charge is 0.493 e. The van der Waals surface area contributed by atoms with Crippen molar-refractivity contribution in [2.75, 3.05) is 20.3 Å². The Labute approximate surface area is 239 Å². The SMILES string of the molecule is CCOC(=O)COc1c(OC)cc(C=Nn2c(-c3cccc(C(F)(F)F)c3)nc3ccccc3c2=O)c(Br)c1Cl. The summed E-state index contributed by atoms with van der Waals surface area (Å²) in [5.74, 6) is -0.487. The van der Waals surface area contributed by atoms with Crippen LogP contribution in [-0.2, 0) is 15.7 Å². The van der Waals surface area contributed by atoms with Crippen molar-refractivity contribution in [2.24, 2.45) is 5.10 Å². The summed E-state index contributed by atoms with van der Waals surface area (Å²) in [5.41, 5.74) is -0.841. The van der Waals surface area contributed by atoms with Gasteiger partial charge in [0.2, 0.25) is 0 Å². The first-order valence-corrected chi connectivity index (χ1v) is 12.8. The summed E-state index contributed by atoms with van der Waals surface area (Å²) >= 11 is 9.82. The van der Waals surface area contributed by atoms with Gasteiger partial charge in [0.1, 0.15) is 5.02 Å². The summed E-state index contributed by atoms with van der Waals surface area (Å²) in [5, 5.41) is 4.54. The van der Waals surface area contributed by atoms with E-state index in [1.54, 1.807) is 25.1 Å². The number of para-hydroxylation sites is 1. The molecule has 4 aromatic rings. The molecule has 1 heterocycles. The molecule has 13 heteroatoms. The van der Waals surface area contributed by atoms with Crippen LogP contribution in [0.15, 0.2) is 69.0 Å². The third-order valence-corrected chi connectivity index (χ3v) is 6.97. The molecule has 0 amide bonds.